The van der Waals surface area contributed by atoms with Crippen LogP contribution >= 0.6 is 23.4 Å². The Hall–Kier alpha value is -1.60. The lowest BCUT2D eigenvalue weighted by atomic mass is 10.4. The number of hydrogen-bond acceptors (Lipinski definition) is 5. The first-order valence-corrected chi connectivity index (χ1v) is 6.38. The van der Waals surface area contributed by atoms with Crippen molar-refractivity contribution in [3.8, 4) is 0 Å². The van der Waals surface area contributed by atoms with Crippen molar-refractivity contribution in [2.24, 2.45) is 7.05 Å². The highest BCUT2D eigenvalue weighted by Crippen LogP contribution is 2.31. The Bertz CT molecular complexity index is 718. The lowest BCUT2D eigenvalue weighted by Crippen LogP contribution is -1.94. The predicted octanol–water partition coefficient (Wildman–Crippen LogP) is 2.20. The van der Waals surface area contributed by atoms with Crippen molar-refractivity contribution in [1.29, 1.82) is 0 Å². The number of nitrogens with one attached hydrogen (secondary N) is 1. The second-order valence-corrected chi connectivity index (χ2v) is 5.13. The molecule has 0 fully saturated rings. The van der Waals surface area contributed by atoms with Crippen LogP contribution in [0.15, 0.2) is 22.3 Å². The van der Waals surface area contributed by atoms with E-state index in [0.717, 1.165) is 21.1 Å². The van der Waals surface area contributed by atoms with Crippen molar-refractivity contribution < 1.29 is 0 Å². The second kappa shape index (κ2) is 4.25. The summed E-state index contributed by atoms with van der Waals surface area (Å²) < 4.78 is 1.81. The number of H-pyrrole nitrogens is 1. The number of aromatic nitrogens is 6. The molecule has 0 aliphatic heterocycles. The van der Waals surface area contributed by atoms with E-state index in [0.29, 0.717) is 5.65 Å². The van der Waals surface area contributed by atoms with Crippen LogP contribution in [0.3, 0.4) is 0 Å². The number of aromatic amines is 1. The van der Waals surface area contributed by atoms with E-state index in [1.807, 2.05) is 24.7 Å². The molecule has 0 amide bonds. The average Bonchev–Trinajstić information content (AvgIpc) is 2.86. The van der Waals surface area contributed by atoms with Crippen LogP contribution in [0.4, 0.5) is 0 Å². The first-order valence-electron chi connectivity index (χ1n) is 5.18. The van der Waals surface area contributed by atoms with Gasteiger partial charge >= 0.3 is 0 Å². The topological polar surface area (TPSA) is 72.3 Å². The van der Waals surface area contributed by atoms with Gasteiger partial charge in [0, 0.05) is 7.05 Å². The first-order chi connectivity index (χ1) is 8.63. The molecule has 0 spiro atoms. The lowest BCUT2D eigenvalue weighted by Gasteiger charge is -2.02. The molecule has 3 rings (SSSR count). The monoisotopic (exact) mass is 280 g/mol. The number of halogens is 1. The average molecular weight is 281 g/mol. The van der Waals surface area contributed by atoms with Gasteiger partial charge in [-0.05, 0) is 36.4 Å². The van der Waals surface area contributed by atoms with Gasteiger partial charge in [-0.25, -0.2) is 4.98 Å². The van der Waals surface area contributed by atoms with Gasteiger partial charge in [0.2, 0.25) is 5.28 Å². The number of fused-ring (bicyclic) bond motifs is 1. The second-order valence-electron chi connectivity index (χ2n) is 3.78. The van der Waals surface area contributed by atoms with Crippen LogP contribution < -0.4 is 0 Å². The summed E-state index contributed by atoms with van der Waals surface area (Å²) in [5.74, 6) is 0. The zero-order valence-electron chi connectivity index (χ0n) is 9.68. The number of aryl methyl sites for hydroxylation is 2. The lowest BCUT2D eigenvalue weighted by molar-refractivity contribution is 0.692. The van der Waals surface area contributed by atoms with Crippen molar-refractivity contribution >= 4 is 34.4 Å². The van der Waals surface area contributed by atoms with Crippen LogP contribution in [-0.4, -0.2) is 29.9 Å². The summed E-state index contributed by atoms with van der Waals surface area (Å²) in [5, 5.41) is 13.8. The third kappa shape index (κ3) is 1.95. The maximum atomic E-state index is 5.89. The molecular weight excluding hydrogens is 272 g/mol. The maximum absolute atomic E-state index is 5.89. The molecule has 3 aromatic rings. The molecule has 0 saturated carbocycles. The quantitative estimate of drug-likeness (QED) is 0.575. The van der Waals surface area contributed by atoms with Crippen molar-refractivity contribution in [1.82, 2.24) is 29.9 Å². The Morgan fingerprint density at radius 2 is 2.22 bits per heavy atom. The number of rotatable bonds is 2. The molecule has 0 aromatic carbocycles. The molecule has 0 aliphatic rings. The molecule has 0 radical (unpaired) electrons. The molecule has 0 atom stereocenters. The smallest absolute Gasteiger partial charge is 0.225 e. The van der Waals surface area contributed by atoms with E-state index < -0.39 is 0 Å². The SMILES string of the molecule is Cc1cc(Sc2nc(Cl)nc3[nH]ncc23)n(C)n1. The number of hydrogen-bond donors (Lipinski definition) is 1. The Labute approximate surface area is 112 Å². The summed E-state index contributed by atoms with van der Waals surface area (Å²) >= 11 is 7.37. The highest BCUT2D eigenvalue weighted by atomic mass is 35.5. The van der Waals surface area contributed by atoms with E-state index in [1.54, 1.807) is 6.20 Å². The van der Waals surface area contributed by atoms with Crippen LogP contribution in [0.5, 0.6) is 0 Å². The van der Waals surface area contributed by atoms with Crippen LogP contribution in [0.25, 0.3) is 11.0 Å². The summed E-state index contributed by atoms with van der Waals surface area (Å²) in [4.78, 5) is 8.30. The molecule has 0 unspecified atom stereocenters. The molecule has 3 heterocycles. The third-order valence-corrected chi connectivity index (χ3v) is 3.67. The van der Waals surface area contributed by atoms with Gasteiger partial charge in [0.05, 0.1) is 17.3 Å². The fraction of sp³-hybridized carbons (Fsp3) is 0.200. The summed E-state index contributed by atoms with van der Waals surface area (Å²) in [6, 6.07) is 1.99. The Kier molecular flexibility index (Phi) is 2.71. The van der Waals surface area contributed by atoms with Gasteiger partial charge in [-0.2, -0.15) is 15.2 Å². The molecule has 0 bridgehead atoms. The Balaban J connectivity index is 2.09. The minimum Gasteiger partial charge on any atom is -0.261 e. The minimum atomic E-state index is 0.202. The first kappa shape index (κ1) is 11.5. The molecule has 18 heavy (non-hydrogen) atoms. The molecule has 8 heteroatoms. The maximum Gasteiger partial charge on any atom is 0.225 e. The van der Waals surface area contributed by atoms with Crippen LogP contribution in [-0.2, 0) is 7.05 Å². The Morgan fingerprint density at radius 1 is 1.39 bits per heavy atom. The molecule has 92 valence electrons. The van der Waals surface area contributed by atoms with Crippen molar-refractivity contribution in [2.45, 2.75) is 17.0 Å². The van der Waals surface area contributed by atoms with Gasteiger partial charge < -0.3 is 0 Å². The van der Waals surface area contributed by atoms with E-state index in [-0.39, 0.29) is 5.28 Å². The summed E-state index contributed by atoms with van der Waals surface area (Å²) in [6.45, 7) is 1.95. The fourth-order valence-electron chi connectivity index (χ4n) is 1.64. The van der Waals surface area contributed by atoms with E-state index in [9.17, 15) is 0 Å². The minimum absolute atomic E-state index is 0.202. The largest absolute Gasteiger partial charge is 0.261 e. The molecule has 3 aromatic heterocycles. The predicted molar refractivity (Wildman–Crippen MR) is 68.8 cm³/mol. The van der Waals surface area contributed by atoms with Gasteiger partial charge in [0.25, 0.3) is 0 Å². The van der Waals surface area contributed by atoms with E-state index in [4.69, 9.17) is 11.6 Å². The summed E-state index contributed by atoms with van der Waals surface area (Å²) in [6.07, 6.45) is 1.69. The summed E-state index contributed by atoms with van der Waals surface area (Å²) in [7, 11) is 1.89. The van der Waals surface area contributed by atoms with Gasteiger partial charge in [0.1, 0.15) is 10.1 Å². The van der Waals surface area contributed by atoms with E-state index in [2.05, 4.69) is 25.3 Å². The van der Waals surface area contributed by atoms with Crippen LogP contribution in [0.1, 0.15) is 5.69 Å². The third-order valence-electron chi connectivity index (χ3n) is 2.41. The van der Waals surface area contributed by atoms with Gasteiger partial charge in [-0.3, -0.25) is 9.78 Å². The van der Waals surface area contributed by atoms with Crippen molar-refractivity contribution in [3.05, 3.63) is 23.2 Å². The zero-order valence-corrected chi connectivity index (χ0v) is 11.2. The van der Waals surface area contributed by atoms with Crippen molar-refractivity contribution in [3.63, 3.8) is 0 Å². The fourth-order valence-corrected chi connectivity index (χ4v) is 2.85. The van der Waals surface area contributed by atoms with Gasteiger partial charge in [-0.1, -0.05) is 0 Å². The normalized spacial score (nSPS) is 11.3. The van der Waals surface area contributed by atoms with Crippen LogP contribution in [0, 0.1) is 6.92 Å². The Morgan fingerprint density at radius 3 is 2.94 bits per heavy atom. The molecule has 1 N–H and O–H groups in total. The molecule has 6 nitrogen and oxygen atoms in total. The molecule has 0 saturated heterocycles. The van der Waals surface area contributed by atoms with Gasteiger partial charge in [-0.15, -0.1) is 0 Å². The standard InChI is InChI=1S/C10H9ClN6S/c1-5-3-7(17(2)16-5)18-9-6-4-12-15-8(6)13-10(11)14-9/h3-4H,1-2H3,(H,12,13,14,15). The van der Waals surface area contributed by atoms with Crippen molar-refractivity contribution in [2.75, 3.05) is 0 Å². The highest BCUT2D eigenvalue weighted by molar-refractivity contribution is 7.99. The van der Waals surface area contributed by atoms with E-state index in [1.165, 1.54) is 11.8 Å². The highest BCUT2D eigenvalue weighted by Gasteiger charge is 2.12. The molecular formula is C10H9ClN6S. The van der Waals surface area contributed by atoms with E-state index >= 15 is 0 Å². The van der Waals surface area contributed by atoms with Gasteiger partial charge in [0.15, 0.2) is 5.65 Å². The number of nitrogens with zero attached hydrogens (tertiary/aromatic N) is 5. The summed E-state index contributed by atoms with van der Waals surface area (Å²) in [5.41, 5.74) is 1.60. The molecule has 0 aliphatic carbocycles. The van der Waals surface area contributed by atoms with Crippen LogP contribution in [0.2, 0.25) is 5.28 Å². The zero-order chi connectivity index (χ0) is 12.7.